The highest BCUT2D eigenvalue weighted by Crippen LogP contribution is 2.35. The average Bonchev–Trinajstić information content (AvgIpc) is 2.68. The Morgan fingerprint density at radius 2 is 1.27 bits per heavy atom. The van der Waals surface area contributed by atoms with Crippen molar-refractivity contribution in [3.63, 3.8) is 0 Å². The van der Waals surface area contributed by atoms with Crippen LogP contribution < -0.4 is 0 Å². The van der Waals surface area contributed by atoms with Crippen molar-refractivity contribution in [3.05, 3.63) is 101 Å². The van der Waals surface area contributed by atoms with Crippen molar-refractivity contribution < 1.29 is 5.11 Å². The maximum absolute atomic E-state index is 9.70. The van der Waals surface area contributed by atoms with E-state index in [2.05, 4.69) is 75.4 Å². The molecule has 0 fully saturated rings. The van der Waals surface area contributed by atoms with Gasteiger partial charge in [-0.2, -0.15) is 0 Å². The third-order valence-corrected chi connectivity index (χ3v) is 4.80. The molecule has 0 atom stereocenters. The summed E-state index contributed by atoms with van der Waals surface area (Å²) in [6.45, 7) is 6.63. The summed E-state index contributed by atoms with van der Waals surface area (Å²) in [6, 6.07) is 27.0. The van der Waals surface area contributed by atoms with Gasteiger partial charge in [0.15, 0.2) is 0 Å². The van der Waals surface area contributed by atoms with E-state index in [-0.39, 0.29) is 0 Å². The molecule has 0 aliphatic carbocycles. The highest BCUT2D eigenvalue weighted by atomic mass is 16.3. The fraction of sp³-hybridized carbons (Fsp3) is 0.200. The molecule has 0 saturated carbocycles. The highest BCUT2D eigenvalue weighted by molar-refractivity contribution is 5.98. The number of benzene rings is 3. The van der Waals surface area contributed by atoms with E-state index in [4.69, 9.17) is 0 Å². The molecule has 0 heterocycles. The van der Waals surface area contributed by atoms with Crippen molar-refractivity contribution >= 4 is 11.1 Å². The molecule has 0 radical (unpaired) electrons. The molecule has 3 aromatic rings. The maximum atomic E-state index is 9.70. The number of aromatic hydroxyl groups is 1. The Bertz CT molecular complexity index is 870. The molecule has 0 spiro atoms. The third-order valence-electron chi connectivity index (χ3n) is 4.80. The largest absolute Gasteiger partial charge is 0.508 e. The molecule has 0 aromatic heterocycles. The minimum atomic E-state index is 0.293. The van der Waals surface area contributed by atoms with E-state index < -0.39 is 0 Å². The Morgan fingerprint density at radius 3 is 1.77 bits per heavy atom. The van der Waals surface area contributed by atoms with Crippen LogP contribution in [0.3, 0.4) is 0 Å². The Labute approximate surface area is 156 Å². The molecule has 1 heteroatoms. The quantitative estimate of drug-likeness (QED) is 0.501. The van der Waals surface area contributed by atoms with Gasteiger partial charge in [-0.15, -0.1) is 0 Å². The molecule has 0 amide bonds. The zero-order chi connectivity index (χ0) is 18.5. The second-order valence-corrected chi connectivity index (χ2v) is 6.90. The number of allylic oxidation sites excluding steroid dienone is 1. The molecule has 0 bridgehead atoms. The fourth-order valence-electron chi connectivity index (χ4n) is 3.34. The molecule has 0 saturated heterocycles. The Morgan fingerprint density at radius 1 is 0.731 bits per heavy atom. The van der Waals surface area contributed by atoms with E-state index in [9.17, 15) is 5.11 Å². The lowest BCUT2D eigenvalue weighted by Crippen LogP contribution is -1.96. The van der Waals surface area contributed by atoms with Crippen molar-refractivity contribution in [2.75, 3.05) is 0 Å². The van der Waals surface area contributed by atoms with Crippen LogP contribution in [0, 0.1) is 0 Å². The van der Waals surface area contributed by atoms with Gasteiger partial charge in [-0.25, -0.2) is 0 Å². The molecule has 0 unspecified atom stereocenters. The van der Waals surface area contributed by atoms with Crippen molar-refractivity contribution in [2.24, 2.45) is 0 Å². The van der Waals surface area contributed by atoms with Crippen LogP contribution in [-0.2, 0) is 0 Å². The molecular weight excluding hydrogens is 316 g/mol. The summed E-state index contributed by atoms with van der Waals surface area (Å²) in [4.78, 5) is 0. The van der Waals surface area contributed by atoms with Crippen molar-refractivity contribution in [1.82, 2.24) is 0 Å². The Hall–Kier alpha value is -2.80. The number of phenols is 1. The predicted molar refractivity (Wildman–Crippen MR) is 111 cm³/mol. The standard InChI is InChI=1S/C25H26O/c1-4-24(20-8-6-5-7-9-20)25(22-14-16-23(26)17-15-22)21-12-10-19(11-13-21)18(2)3/h5-18,26H,4H2,1-3H3/b25-24-. The number of phenolic OH excluding ortho intramolecular Hbond substituents is 1. The molecule has 26 heavy (non-hydrogen) atoms. The fourth-order valence-corrected chi connectivity index (χ4v) is 3.34. The lowest BCUT2D eigenvalue weighted by molar-refractivity contribution is 0.475. The van der Waals surface area contributed by atoms with E-state index in [0.717, 1.165) is 12.0 Å². The van der Waals surface area contributed by atoms with Gasteiger partial charge < -0.3 is 5.11 Å². The van der Waals surface area contributed by atoms with Crippen LogP contribution in [0.2, 0.25) is 0 Å². The van der Waals surface area contributed by atoms with Gasteiger partial charge in [-0.1, -0.05) is 87.5 Å². The molecule has 1 N–H and O–H groups in total. The molecule has 132 valence electrons. The first-order valence-electron chi connectivity index (χ1n) is 9.28. The summed E-state index contributed by atoms with van der Waals surface area (Å²) in [5, 5.41) is 9.70. The number of hydrogen-bond donors (Lipinski definition) is 1. The van der Waals surface area contributed by atoms with Gasteiger partial charge in [0.25, 0.3) is 0 Å². The summed E-state index contributed by atoms with van der Waals surface area (Å²) in [7, 11) is 0. The van der Waals surface area contributed by atoms with Gasteiger partial charge in [0.2, 0.25) is 0 Å². The van der Waals surface area contributed by atoms with Crippen molar-refractivity contribution in [1.29, 1.82) is 0 Å². The lowest BCUT2D eigenvalue weighted by atomic mass is 9.87. The van der Waals surface area contributed by atoms with E-state index in [1.54, 1.807) is 12.1 Å². The first-order chi connectivity index (χ1) is 12.6. The molecule has 0 aliphatic heterocycles. The van der Waals surface area contributed by atoms with Crippen LogP contribution in [0.5, 0.6) is 5.75 Å². The average molecular weight is 342 g/mol. The number of rotatable bonds is 5. The van der Waals surface area contributed by atoms with Crippen LogP contribution in [0.15, 0.2) is 78.9 Å². The minimum Gasteiger partial charge on any atom is -0.508 e. The second-order valence-electron chi connectivity index (χ2n) is 6.90. The zero-order valence-corrected chi connectivity index (χ0v) is 15.7. The first kappa shape index (κ1) is 18.0. The normalized spacial score (nSPS) is 12.2. The van der Waals surface area contributed by atoms with E-state index >= 15 is 0 Å². The lowest BCUT2D eigenvalue weighted by Gasteiger charge is -2.17. The van der Waals surface area contributed by atoms with Gasteiger partial charge in [0.1, 0.15) is 5.75 Å². The second kappa shape index (κ2) is 8.05. The van der Waals surface area contributed by atoms with Crippen molar-refractivity contribution in [3.8, 4) is 5.75 Å². The monoisotopic (exact) mass is 342 g/mol. The third kappa shape index (κ3) is 3.88. The summed E-state index contributed by atoms with van der Waals surface area (Å²) >= 11 is 0. The molecule has 1 nitrogen and oxygen atoms in total. The molecule has 3 aromatic carbocycles. The SMILES string of the molecule is CC/C(=C(/c1ccc(O)cc1)c1ccc(C(C)C)cc1)c1ccccc1. The van der Waals surface area contributed by atoms with Gasteiger partial charge in [-0.05, 0) is 57.9 Å². The van der Waals surface area contributed by atoms with Crippen LogP contribution in [0.4, 0.5) is 0 Å². The summed E-state index contributed by atoms with van der Waals surface area (Å²) in [6.07, 6.45) is 0.937. The van der Waals surface area contributed by atoms with E-state index in [1.807, 2.05) is 12.1 Å². The van der Waals surface area contributed by atoms with Gasteiger partial charge in [0.05, 0.1) is 0 Å². The topological polar surface area (TPSA) is 20.2 Å². The number of hydrogen-bond acceptors (Lipinski definition) is 1. The minimum absolute atomic E-state index is 0.293. The van der Waals surface area contributed by atoms with Gasteiger partial charge in [0, 0.05) is 0 Å². The molecule has 3 rings (SSSR count). The summed E-state index contributed by atoms with van der Waals surface area (Å²) < 4.78 is 0. The highest BCUT2D eigenvalue weighted by Gasteiger charge is 2.13. The Kier molecular flexibility index (Phi) is 5.58. The zero-order valence-electron chi connectivity index (χ0n) is 15.7. The smallest absolute Gasteiger partial charge is 0.115 e. The Balaban J connectivity index is 2.22. The van der Waals surface area contributed by atoms with Crippen LogP contribution in [0.1, 0.15) is 55.4 Å². The van der Waals surface area contributed by atoms with Crippen LogP contribution >= 0.6 is 0 Å². The summed E-state index contributed by atoms with van der Waals surface area (Å²) in [5.74, 6) is 0.811. The van der Waals surface area contributed by atoms with E-state index in [0.29, 0.717) is 11.7 Å². The van der Waals surface area contributed by atoms with Crippen molar-refractivity contribution in [2.45, 2.75) is 33.1 Å². The van der Waals surface area contributed by atoms with Gasteiger partial charge >= 0.3 is 0 Å². The molecule has 0 aliphatic rings. The van der Waals surface area contributed by atoms with Crippen LogP contribution in [0.25, 0.3) is 11.1 Å². The first-order valence-corrected chi connectivity index (χ1v) is 9.28. The summed E-state index contributed by atoms with van der Waals surface area (Å²) in [5.41, 5.74) is 7.46. The maximum Gasteiger partial charge on any atom is 0.115 e. The predicted octanol–water partition coefficient (Wildman–Crippen LogP) is 6.88. The van der Waals surface area contributed by atoms with Gasteiger partial charge in [-0.3, -0.25) is 0 Å². The van der Waals surface area contributed by atoms with Crippen LogP contribution in [-0.4, -0.2) is 5.11 Å². The van der Waals surface area contributed by atoms with E-state index in [1.165, 1.54) is 27.8 Å². The molecular formula is C25H26O.